The molecule has 2 N–H and O–H groups in total. The number of hydrogen-bond acceptors (Lipinski definition) is 6. The van der Waals surface area contributed by atoms with Crippen LogP contribution in [0.25, 0.3) is 0 Å². The Kier molecular flexibility index (Phi) is 4.82. The number of ether oxygens (including phenoxy) is 1. The largest absolute Gasteiger partial charge is 0.487 e. The van der Waals surface area contributed by atoms with Gasteiger partial charge in [-0.2, -0.15) is 4.98 Å². The Labute approximate surface area is 132 Å². The van der Waals surface area contributed by atoms with Gasteiger partial charge in [0.05, 0.1) is 13.1 Å². The minimum atomic E-state index is -0.673. The third-order valence-corrected chi connectivity index (χ3v) is 3.77. The molecule has 1 saturated heterocycles. The molecule has 3 rings (SSSR count). The Morgan fingerprint density at radius 1 is 1.30 bits per heavy atom. The molecule has 0 radical (unpaired) electrons. The van der Waals surface area contributed by atoms with Crippen molar-refractivity contribution in [3.05, 3.63) is 41.5 Å². The van der Waals surface area contributed by atoms with Gasteiger partial charge in [0.1, 0.15) is 11.9 Å². The summed E-state index contributed by atoms with van der Waals surface area (Å²) in [6.45, 7) is 2.37. The Morgan fingerprint density at radius 2 is 2.09 bits per heavy atom. The minimum absolute atomic E-state index is 0.0870. The first-order chi connectivity index (χ1) is 11.1. The number of nitrogens with zero attached hydrogens (tertiary/aromatic N) is 3. The van der Waals surface area contributed by atoms with Gasteiger partial charge in [-0.3, -0.25) is 4.90 Å². The van der Waals surface area contributed by atoms with Crippen molar-refractivity contribution in [3.63, 3.8) is 0 Å². The molecule has 0 bridgehead atoms. The van der Waals surface area contributed by atoms with E-state index in [0.29, 0.717) is 18.3 Å². The van der Waals surface area contributed by atoms with E-state index in [1.807, 2.05) is 0 Å². The van der Waals surface area contributed by atoms with Gasteiger partial charge in [-0.1, -0.05) is 5.16 Å². The van der Waals surface area contributed by atoms with Crippen LogP contribution in [0.4, 0.5) is 8.78 Å². The first-order valence-electron chi connectivity index (χ1n) is 7.49. The number of likely N-dealkylation sites (tertiary alicyclic amines) is 1. The van der Waals surface area contributed by atoms with Gasteiger partial charge in [-0.15, -0.1) is 0 Å². The Morgan fingerprint density at radius 3 is 2.74 bits per heavy atom. The highest BCUT2D eigenvalue weighted by molar-refractivity contribution is 5.25. The molecule has 0 spiro atoms. The minimum Gasteiger partial charge on any atom is -0.487 e. The number of piperidine rings is 1. The second-order valence-corrected chi connectivity index (χ2v) is 5.48. The third-order valence-electron chi connectivity index (χ3n) is 3.77. The summed E-state index contributed by atoms with van der Waals surface area (Å²) in [4.78, 5) is 6.34. The first-order valence-corrected chi connectivity index (χ1v) is 7.49. The normalized spacial score (nSPS) is 16.7. The molecule has 0 saturated carbocycles. The van der Waals surface area contributed by atoms with Crippen LogP contribution in [-0.4, -0.2) is 34.2 Å². The van der Waals surface area contributed by atoms with Gasteiger partial charge in [-0.25, -0.2) is 8.78 Å². The van der Waals surface area contributed by atoms with Crippen LogP contribution in [0, 0.1) is 11.6 Å². The van der Waals surface area contributed by atoms with E-state index in [-0.39, 0.29) is 18.4 Å². The van der Waals surface area contributed by atoms with E-state index in [0.717, 1.165) is 32.0 Å². The summed E-state index contributed by atoms with van der Waals surface area (Å²) in [5.74, 6) is -0.162. The Hall–Kier alpha value is -2.06. The van der Waals surface area contributed by atoms with Crippen LogP contribution >= 0.6 is 0 Å². The van der Waals surface area contributed by atoms with Crippen molar-refractivity contribution in [2.24, 2.45) is 5.73 Å². The fourth-order valence-corrected chi connectivity index (χ4v) is 2.57. The molecular formula is C15H18F2N4O2. The fraction of sp³-hybridized carbons (Fsp3) is 0.467. The lowest BCUT2D eigenvalue weighted by molar-refractivity contribution is 0.0916. The standard InChI is InChI=1S/C15H18F2N4O2/c16-10-1-2-13(12(17)7-10)22-11-3-5-21(6-4-11)9-14-19-15(8-18)23-20-14/h1-2,7,11H,3-6,8-9,18H2. The molecule has 1 aromatic heterocycles. The number of hydrogen-bond donors (Lipinski definition) is 1. The highest BCUT2D eigenvalue weighted by Crippen LogP contribution is 2.23. The van der Waals surface area contributed by atoms with Crippen LogP contribution in [0.1, 0.15) is 24.6 Å². The monoisotopic (exact) mass is 324 g/mol. The van der Waals surface area contributed by atoms with Gasteiger partial charge in [0.25, 0.3) is 0 Å². The van der Waals surface area contributed by atoms with Crippen molar-refractivity contribution >= 4 is 0 Å². The maximum Gasteiger partial charge on any atom is 0.240 e. The molecular weight excluding hydrogens is 306 g/mol. The second kappa shape index (κ2) is 7.01. The summed E-state index contributed by atoms with van der Waals surface area (Å²) in [6.07, 6.45) is 1.41. The number of nitrogens with two attached hydrogens (primary N) is 1. The summed E-state index contributed by atoms with van der Waals surface area (Å²) in [6, 6.07) is 3.35. The predicted octanol–water partition coefficient (Wildman–Crippen LogP) is 1.85. The topological polar surface area (TPSA) is 77.4 Å². The van der Waals surface area contributed by atoms with Crippen LogP contribution in [0.3, 0.4) is 0 Å². The molecule has 23 heavy (non-hydrogen) atoms. The predicted molar refractivity (Wildman–Crippen MR) is 77.5 cm³/mol. The van der Waals surface area contributed by atoms with Crippen LogP contribution in [0.5, 0.6) is 5.75 Å². The van der Waals surface area contributed by atoms with Gasteiger partial charge >= 0.3 is 0 Å². The van der Waals surface area contributed by atoms with E-state index in [1.54, 1.807) is 0 Å². The van der Waals surface area contributed by atoms with Gasteiger partial charge in [0.2, 0.25) is 5.89 Å². The number of aromatic nitrogens is 2. The van der Waals surface area contributed by atoms with Gasteiger partial charge < -0.3 is 15.0 Å². The molecule has 1 aromatic carbocycles. The molecule has 0 amide bonds. The molecule has 124 valence electrons. The first kappa shape index (κ1) is 15.8. The molecule has 1 aliphatic rings. The van der Waals surface area contributed by atoms with Crippen molar-refractivity contribution in [2.75, 3.05) is 13.1 Å². The fourth-order valence-electron chi connectivity index (χ4n) is 2.57. The van der Waals surface area contributed by atoms with Crippen molar-refractivity contribution in [1.29, 1.82) is 0 Å². The van der Waals surface area contributed by atoms with Crippen molar-refractivity contribution in [3.8, 4) is 5.75 Å². The summed E-state index contributed by atoms with van der Waals surface area (Å²) in [5.41, 5.74) is 5.43. The van der Waals surface area contributed by atoms with E-state index in [4.69, 9.17) is 15.0 Å². The second-order valence-electron chi connectivity index (χ2n) is 5.48. The summed E-state index contributed by atoms with van der Waals surface area (Å²) in [7, 11) is 0. The molecule has 0 atom stereocenters. The average Bonchev–Trinajstić information content (AvgIpc) is 2.99. The highest BCUT2D eigenvalue weighted by Gasteiger charge is 2.22. The SMILES string of the molecule is NCc1nc(CN2CCC(Oc3ccc(F)cc3F)CC2)no1. The molecule has 2 heterocycles. The average molecular weight is 324 g/mol. The molecule has 6 nitrogen and oxygen atoms in total. The zero-order valence-electron chi connectivity index (χ0n) is 12.5. The van der Waals surface area contributed by atoms with Crippen LogP contribution in [0.15, 0.2) is 22.7 Å². The van der Waals surface area contributed by atoms with E-state index in [9.17, 15) is 8.78 Å². The lowest BCUT2D eigenvalue weighted by atomic mass is 10.1. The zero-order valence-corrected chi connectivity index (χ0v) is 12.5. The van der Waals surface area contributed by atoms with Gasteiger partial charge in [-0.05, 0) is 25.0 Å². The Balaban J connectivity index is 1.50. The summed E-state index contributed by atoms with van der Waals surface area (Å²) < 4.78 is 37.1. The lowest BCUT2D eigenvalue weighted by Crippen LogP contribution is -2.38. The van der Waals surface area contributed by atoms with E-state index in [1.165, 1.54) is 12.1 Å². The van der Waals surface area contributed by atoms with Crippen molar-refractivity contribution < 1.29 is 18.0 Å². The number of rotatable bonds is 5. The van der Waals surface area contributed by atoms with Crippen molar-refractivity contribution in [1.82, 2.24) is 15.0 Å². The maximum atomic E-state index is 13.6. The van der Waals surface area contributed by atoms with Crippen LogP contribution in [-0.2, 0) is 13.1 Å². The molecule has 1 fully saturated rings. The molecule has 1 aliphatic heterocycles. The van der Waals surface area contributed by atoms with Gasteiger partial charge in [0.15, 0.2) is 17.4 Å². The Bertz CT molecular complexity index is 657. The van der Waals surface area contributed by atoms with Crippen LogP contribution in [0.2, 0.25) is 0 Å². The van der Waals surface area contributed by atoms with Crippen molar-refractivity contribution in [2.45, 2.75) is 32.0 Å². The quantitative estimate of drug-likeness (QED) is 0.904. The van der Waals surface area contributed by atoms with Gasteiger partial charge in [0, 0.05) is 19.2 Å². The smallest absolute Gasteiger partial charge is 0.240 e. The van der Waals surface area contributed by atoms with Crippen LogP contribution < -0.4 is 10.5 Å². The van der Waals surface area contributed by atoms with E-state index < -0.39 is 11.6 Å². The molecule has 8 heteroatoms. The molecule has 2 aromatic rings. The highest BCUT2D eigenvalue weighted by atomic mass is 19.1. The lowest BCUT2D eigenvalue weighted by Gasteiger charge is -2.31. The number of benzene rings is 1. The van der Waals surface area contributed by atoms with E-state index >= 15 is 0 Å². The van der Waals surface area contributed by atoms with E-state index in [2.05, 4.69) is 15.0 Å². The summed E-state index contributed by atoms with van der Waals surface area (Å²) in [5, 5.41) is 3.86. The number of halogens is 2. The molecule has 0 aliphatic carbocycles. The molecule has 0 unspecified atom stereocenters. The maximum absolute atomic E-state index is 13.6. The summed E-state index contributed by atoms with van der Waals surface area (Å²) >= 11 is 0. The third kappa shape index (κ3) is 4.02. The zero-order chi connectivity index (χ0) is 16.2.